The van der Waals surface area contributed by atoms with E-state index in [0.717, 1.165) is 89.9 Å². The van der Waals surface area contributed by atoms with Crippen LogP contribution in [0.3, 0.4) is 0 Å². The number of carbonyl (C=O) groups is 2. The van der Waals surface area contributed by atoms with Crippen LogP contribution in [0.2, 0.25) is 0 Å². The molecule has 0 aromatic heterocycles. The summed E-state index contributed by atoms with van der Waals surface area (Å²) in [7, 11) is 0. The molecule has 1 fully saturated rings. The number of carboxylic acid groups (broad SMARTS) is 2. The summed E-state index contributed by atoms with van der Waals surface area (Å²) >= 11 is 0. The second-order valence-corrected chi connectivity index (χ2v) is 12.3. The molecule has 1 saturated carbocycles. The minimum Gasteiger partial charge on any atom is -0.481 e. The Balaban J connectivity index is 2.74. The Morgan fingerprint density at radius 1 is 0.550 bits per heavy atom. The SMILES string of the molecule is CCCC1C(O)C(O)C(CCCCCCCCC(=O)O)C(CC(O)C(O)CCCCCCCC(=O)O)C1CCC. The summed E-state index contributed by atoms with van der Waals surface area (Å²) in [5.74, 6) is -1.42. The van der Waals surface area contributed by atoms with Gasteiger partial charge in [-0.1, -0.05) is 90.9 Å². The highest BCUT2D eigenvalue weighted by molar-refractivity contribution is 5.66. The molecule has 8 nitrogen and oxygen atoms in total. The van der Waals surface area contributed by atoms with Gasteiger partial charge in [0.05, 0.1) is 24.4 Å². The van der Waals surface area contributed by atoms with Crippen molar-refractivity contribution in [3.05, 3.63) is 0 Å². The van der Waals surface area contributed by atoms with Crippen molar-refractivity contribution >= 4 is 11.9 Å². The molecule has 6 N–H and O–H groups in total. The maximum atomic E-state index is 11.3. The van der Waals surface area contributed by atoms with Gasteiger partial charge in [0.1, 0.15) is 0 Å². The van der Waals surface area contributed by atoms with Crippen LogP contribution in [0.1, 0.15) is 142 Å². The molecule has 0 spiro atoms. The molecule has 0 saturated heterocycles. The van der Waals surface area contributed by atoms with Gasteiger partial charge in [0.25, 0.3) is 0 Å². The standard InChI is InChI=1S/C32H60O8/c1-3-16-23-24(17-4-2)31(39)32(40)25(18-12-8-5-6-10-14-20-29(35)36)26(23)22-28(34)27(33)19-13-9-7-11-15-21-30(37)38/h23-28,31-34,39-40H,3-22H2,1-2H3,(H,35,36)(H,37,38). The summed E-state index contributed by atoms with van der Waals surface area (Å²) in [6, 6.07) is 0. The van der Waals surface area contributed by atoms with Crippen LogP contribution in [0, 0.1) is 23.7 Å². The first-order valence-corrected chi connectivity index (χ1v) is 16.3. The van der Waals surface area contributed by atoms with E-state index >= 15 is 0 Å². The first kappa shape index (κ1) is 36.8. The fourth-order valence-electron chi connectivity index (χ4n) is 7.01. The van der Waals surface area contributed by atoms with Gasteiger partial charge in [-0.2, -0.15) is 0 Å². The second-order valence-electron chi connectivity index (χ2n) is 12.3. The number of carboxylic acids is 2. The maximum Gasteiger partial charge on any atom is 0.303 e. The molecule has 1 aliphatic carbocycles. The van der Waals surface area contributed by atoms with E-state index in [1.807, 2.05) is 0 Å². The van der Waals surface area contributed by atoms with Crippen molar-refractivity contribution < 1.29 is 40.2 Å². The number of hydrogen-bond donors (Lipinski definition) is 6. The monoisotopic (exact) mass is 572 g/mol. The number of aliphatic hydroxyl groups excluding tert-OH is 4. The van der Waals surface area contributed by atoms with Crippen LogP contribution in [-0.2, 0) is 9.59 Å². The quantitative estimate of drug-likeness (QED) is 0.0779. The number of hydrogen-bond acceptors (Lipinski definition) is 6. The first-order valence-electron chi connectivity index (χ1n) is 16.3. The van der Waals surface area contributed by atoms with Crippen molar-refractivity contribution in [3.63, 3.8) is 0 Å². The van der Waals surface area contributed by atoms with Crippen LogP contribution in [0.4, 0.5) is 0 Å². The summed E-state index contributed by atoms with van der Waals surface area (Å²) in [4.78, 5) is 21.3. The fourth-order valence-corrected chi connectivity index (χ4v) is 7.01. The molecule has 8 heteroatoms. The largest absolute Gasteiger partial charge is 0.481 e. The Labute approximate surface area is 242 Å². The summed E-state index contributed by atoms with van der Waals surface area (Å²) in [6.07, 6.45) is 12.1. The minimum atomic E-state index is -0.877. The van der Waals surface area contributed by atoms with Gasteiger partial charge in [-0.25, -0.2) is 0 Å². The highest BCUT2D eigenvalue weighted by atomic mass is 16.4. The zero-order valence-corrected chi connectivity index (χ0v) is 25.3. The van der Waals surface area contributed by atoms with Gasteiger partial charge >= 0.3 is 11.9 Å². The molecule has 1 rings (SSSR count). The zero-order chi connectivity index (χ0) is 29.9. The van der Waals surface area contributed by atoms with E-state index in [4.69, 9.17) is 10.2 Å². The van der Waals surface area contributed by atoms with Crippen LogP contribution < -0.4 is 0 Å². The van der Waals surface area contributed by atoms with Crippen molar-refractivity contribution in [1.29, 1.82) is 0 Å². The van der Waals surface area contributed by atoms with Crippen LogP contribution >= 0.6 is 0 Å². The Bertz CT molecular complexity index is 671. The lowest BCUT2D eigenvalue weighted by Crippen LogP contribution is -2.53. The zero-order valence-electron chi connectivity index (χ0n) is 25.3. The molecule has 0 aliphatic heterocycles. The molecule has 1 aliphatic rings. The van der Waals surface area contributed by atoms with Gasteiger partial charge in [-0.15, -0.1) is 0 Å². The Morgan fingerprint density at radius 3 is 1.48 bits per heavy atom. The molecule has 236 valence electrons. The summed E-state index contributed by atoms with van der Waals surface area (Å²) < 4.78 is 0. The highest BCUT2D eigenvalue weighted by Crippen LogP contribution is 2.47. The van der Waals surface area contributed by atoms with Gasteiger partial charge in [0, 0.05) is 12.8 Å². The van der Waals surface area contributed by atoms with E-state index in [9.17, 15) is 30.0 Å². The van der Waals surface area contributed by atoms with Gasteiger partial charge in [0.2, 0.25) is 0 Å². The smallest absolute Gasteiger partial charge is 0.303 e. The number of rotatable bonds is 24. The van der Waals surface area contributed by atoms with Crippen LogP contribution in [0.5, 0.6) is 0 Å². The van der Waals surface area contributed by atoms with Gasteiger partial charge in [-0.3, -0.25) is 9.59 Å². The molecule has 8 unspecified atom stereocenters. The first-order chi connectivity index (χ1) is 19.1. The number of aliphatic carboxylic acids is 2. The Kier molecular flexibility index (Phi) is 19.8. The lowest BCUT2D eigenvalue weighted by Gasteiger charge is -2.50. The third kappa shape index (κ3) is 14.1. The van der Waals surface area contributed by atoms with E-state index in [1.54, 1.807) is 0 Å². The molecular weight excluding hydrogens is 512 g/mol. The minimum absolute atomic E-state index is 0.00872. The molecule has 0 radical (unpaired) electrons. The van der Waals surface area contributed by atoms with E-state index in [1.165, 1.54) is 0 Å². The third-order valence-electron chi connectivity index (χ3n) is 9.15. The van der Waals surface area contributed by atoms with Gasteiger partial charge in [-0.05, 0) is 62.2 Å². The molecule has 0 aromatic rings. The second kappa shape index (κ2) is 21.5. The average molecular weight is 573 g/mol. The lowest BCUT2D eigenvalue weighted by molar-refractivity contribution is -0.144. The van der Waals surface area contributed by atoms with Crippen LogP contribution in [0.25, 0.3) is 0 Å². The molecule has 8 atom stereocenters. The van der Waals surface area contributed by atoms with E-state index in [-0.39, 0.29) is 36.5 Å². The van der Waals surface area contributed by atoms with Crippen molar-refractivity contribution in [2.24, 2.45) is 23.7 Å². The summed E-state index contributed by atoms with van der Waals surface area (Å²) in [5.41, 5.74) is 0. The molecule has 0 aromatic carbocycles. The third-order valence-corrected chi connectivity index (χ3v) is 9.15. The number of aliphatic hydroxyl groups is 4. The molecular formula is C32H60O8. The van der Waals surface area contributed by atoms with E-state index in [0.29, 0.717) is 25.7 Å². The predicted octanol–water partition coefficient (Wildman–Crippen LogP) is 5.92. The normalized spacial score (nSPS) is 26.4. The average Bonchev–Trinajstić information content (AvgIpc) is 2.90. The van der Waals surface area contributed by atoms with Crippen molar-refractivity contribution in [2.75, 3.05) is 0 Å². The van der Waals surface area contributed by atoms with Gasteiger partial charge in [0.15, 0.2) is 0 Å². The van der Waals surface area contributed by atoms with Crippen molar-refractivity contribution in [1.82, 2.24) is 0 Å². The fraction of sp³-hybridized carbons (Fsp3) is 0.938. The van der Waals surface area contributed by atoms with Crippen LogP contribution in [0.15, 0.2) is 0 Å². The maximum absolute atomic E-state index is 11.3. The lowest BCUT2D eigenvalue weighted by atomic mass is 9.59. The summed E-state index contributed by atoms with van der Waals surface area (Å²) in [5, 5.41) is 61.8. The molecule has 0 bridgehead atoms. The van der Waals surface area contributed by atoms with E-state index in [2.05, 4.69) is 13.8 Å². The van der Waals surface area contributed by atoms with Crippen LogP contribution in [-0.4, -0.2) is 67.0 Å². The summed E-state index contributed by atoms with van der Waals surface area (Å²) in [6.45, 7) is 4.23. The van der Waals surface area contributed by atoms with E-state index < -0.39 is 36.4 Å². The van der Waals surface area contributed by atoms with Gasteiger partial charge < -0.3 is 30.6 Å². The molecule has 0 heterocycles. The predicted molar refractivity (Wildman–Crippen MR) is 157 cm³/mol. The van der Waals surface area contributed by atoms with Crippen molar-refractivity contribution in [3.8, 4) is 0 Å². The topological polar surface area (TPSA) is 156 Å². The van der Waals surface area contributed by atoms with Crippen molar-refractivity contribution in [2.45, 2.75) is 167 Å². The molecule has 40 heavy (non-hydrogen) atoms. The Hall–Kier alpha value is -1.22. The Morgan fingerprint density at radius 2 is 0.975 bits per heavy atom. The molecule has 0 amide bonds. The highest BCUT2D eigenvalue weighted by Gasteiger charge is 2.48. The number of unbranched alkanes of at least 4 members (excludes halogenated alkanes) is 9.